The Kier molecular flexibility index (Phi) is 45.3. The van der Waals surface area contributed by atoms with Crippen LogP contribution in [0.2, 0.25) is 0 Å². The van der Waals surface area contributed by atoms with Crippen molar-refractivity contribution in [3.05, 3.63) is 0 Å². The van der Waals surface area contributed by atoms with Gasteiger partial charge in [-0.05, 0) is 6.42 Å². The van der Waals surface area contributed by atoms with Crippen molar-refractivity contribution in [1.29, 1.82) is 0 Å². The zero-order valence-electron chi connectivity index (χ0n) is 9.56. The van der Waals surface area contributed by atoms with E-state index < -0.39 is 16.4 Å². The Balaban J connectivity index is -0.0000000367. The number of nitrogens with two attached hydrogens (primary N) is 2. The summed E-state index contributed by atoms with van der Waals surface area (Å²) in [5.41, 5.74) is 8.57. The first-order chi connectivity index (χ1) is 6.23. The maximum atomic E-state index is 9.60. The number of carboxylic acid groups (broad SMARTS) is 1. The summed E-state index contributed by atoms with van der Waals surface area (Å²) in [4.78, 5) is 27.7. The minimum absolute atomic E-state index is 0. The molecule has 0 aromatic heterocycles. The topological polar surface area (TPSA) is 123 Å². The first kappa shape index (κ1) is 29.8. The van der Waals surface area contributed by atoms with Gasteiger partial charge < -0.3 is 51.4 Å². The summed E-state index contributed by atoms with van der Waals surface area (Å²) in [5, 5.41) is 6.41. The molecule has 0 aromatic rings. The summed E-state index contributed by atoms with van der Waals surface area (Å²) in [5.74, 6) is -0.711. The second kappa shape index (κ2) is 24.3. The summed E-state index contributed by atoms with van der Waals surface area (Å²) < 4.78 is 0. The minimum Gasteiger partial charge on any atom is -0.719 e. The van der Waals surface area contributed by atoms with Crippen LogP contribution < -0.4 is 49.2 Å². The van der Waals surface area contributed by atoms with Gasteiger partial charge in [0.2, 0.25) is 0 Å². The van der Waals surface area contributed by atoms with E-state index in [1.807, 2.05) is 6.92 Å². The Hall–Kier alpha value is 0.0448. The van der Waals surface area contributed by atoms with Crippen LogP contribution in [0.1, 0.15) is 19.8 Å². The molecule has 6 nitrogen and oxygen atoms in total. The van der Waals surface area contributed by atoms with E-state index in [4.69, 9.17) is 14.7 Å². The van der Waals surface area contributed by atoms with Gasteiger partial charge in [0.15, 0.2) is 0 Å². The van der Waals surface area contributed by atoms with Crippen LogP contribution in [-0.2, 0) is 30.1 Å². The van der Waals surface area contributed by atoms with Crippen molar-refractivity contribution in [2.24, 2.45) is 11.5 Å². The molecular weight excluding hydrogens is 242 g/mol. The molecule has 16 heavy (non-hydrogen) atoms. The maximum absolute atomic E-state index is 9.60. The Morgan fingerprint density at radius 3 is 1.25 bits per heavy atom. The van der Waals surface area contributed by atoms with Crippen LogP contribution >= 0.6 is 0 Å². The molecule has 10 heteroatoms. The van der Waals surface area contributed by atoms with Crippen molar-refractivity contribution in [2.45, 2.75) is 19.8 Å². The van der Waals surface area contributed by atoms with Gasteiger partial charge >= 0.3 is 43.7 Å². The number of carbonyl (C=O) groups excluding carboxylic acids is 2. The summed E-state index contributed by atoms with van der Waals surface area (Å²) in [7, 11) is 0. The van der Waals surface area contributed by atoms with Crippen molar-refractivity contribution < 1.29 is 57.2 Å². The number of aliphatic carboxylic acids is 1. The Bertz CT molecular complexity index is 175. The van der Waals surface area contributed by atoms with Gasteiger partial charge in [-0.2, -0.15) is 0 Å². The Morgan fingerprint density at radius 2 is 1.25 bits per heavy atom. The smallest absolute Gasteiger partial charge is 0.719 e. The first-order valence-electron chi connectivity index (χ1n) is 3.38. The van der Waals surface area contributed by atoms with E-state index in [9.17, 15) is 4.79 Å². The molecule has 0 rings (SSSR count). The number of amides is 2. The van der Waals surface area contributed by atoms with Crippen molar-refractivity contribution in [1.82, 2.24) is 0 Å². The number of primary amides is 2. The van der Waals surface area contributed by atoms with E-state index in [0.29, 0.717) is 6.42 Å². The molecule has 5 N–H and O–H groups in total. The predicted octanol–water partition coefficient (Wildman–Crippen LogP) is -5.90. The van der Waals surface area contributed by atoms with Gasteiger partial charge in [-0.25, -0.2) is 0 Å². The van der Waals surface area contributed by atoms with Gasteiger partial charge in [0.05, 0.1) is 10.5 Å². The van der Waals surface area contributed by atoms with Crippen molar-refractivity contribution in [2.75, 3.05) is 0 Å². The molecule has 0 aromatic carbocycles. The van der Waals surface area contributed by atoms with Crippen molar-refractivity contribution in [3.8, 4) is 0 Å². The third-order valence-electron chi connectivity index (χ3n) is 0.464. The number of carboxylic acids is 1. The molecule has 0 saturated carbocycles. The van der Waals surface area contributed by atoms with Crippen LogP contribution in [0.25, 0.3) is 0 Å². The molecule has 84 valence electrons. The molecule has 0 radical (unpaired) electrons. The van der Waals surface area contributed by atoms with Crippen molar-refractivity contribution >= 4 is 41.7 Å². The molecule has 0 fully saturated rings. The Morgan fingerprint density at radius 1 is 1.06 bits per heavy atom. The van der Waals surface area contributed by atoms with Crippen LogP contribution in [0, 0.1) is 0 Å². The third kappa shape index (κ3) is 258. The molecule has 2 amide bonds. The molecular formula is C6H12Li2N2O4S2. The first-order valence-corrected chi connectivity index (χ1v) is 4.20. The van der Waals surface area contributed by atoms with Crippen LogP contribution in [-0.4, -0.2) is 21.6 Å². The summed E-state index contributed by atoms with van der Waals surface area (Å²) in [6, 6.07) is 0. The fourth-order valence-corrected chi connectivity index (χ4v) is 0.214. The molecule has 0 saturated heterocycles. The van der Waals surface area contributed by atoms with Crippen LogP contribution in [0.15, 0.2) is 0 Å². The number of hydrogen-bond donors (Lipinski definition) is 3. The SMILES string of the molecule is CCCC(=O)O.NC(=O)[S-].NC(=O)[S-].[Li+].[Li+]. The zero-order chi connectivity index (χ0) is 12.1. The fourth-order valence-electron chi connectivity index (χ4n) is 0.214. The zero-order valence-corrected chi connectivity index (χ0v) is 11.2. The molecule has 0 aliphatic carbocycles. The van der Waals surface area contributed by atoms with Gasteiger partial charge in [0.1, 0.15) is 0 Å². The average molecular weight is 254 g/mol. The monoisotopic (exact) mass is 254 g/mol. The third-order valence-corrected chi connectivity index (χ3v) is 0.464. The molecule has 0 aliphatic heterocycles. The van der Waals surface area contributed by atoms with Crippen molar-refractivity contribution in [3.63, 3.8) is 0 Å². The number of rotatable bonds is 2. The fraction of sp³-hybridized carbons (Fsp3) is 0.500. The summed E-state index contributed by atoms with van der Waals surface area (Å²) >= 11 is 7.52. The van der Waals surface area contributed by atoms with E-state index in [1.54, 1.807) is 0 Å². The average Bonchev–Trinajstić information content (AvgIpc) is 1.82. The molecule has 0 unspecified atom stereocenters. The Labute approximate surface area is 129 Å². The maximum Gasteiger partial charge on any atom is 1.00 e. The normalized spacial score (nSPS) is 6.06. The van der Waals surface area contributed by atoms with Crippen LogP contribution in [0.5, 0.6) is 0 Å². The standard InChI is InChI=1S/C4H8O2.2CH3NOS.2Li/c1-2-3-4(5)6;2*2-1(3)4;;/h2-3H2,1H3,(H,5,6);2*(H3,2,3,4);;/q;;;2*+1/p-2. The molecule has 0 atom stereocenters. The molecule has 0 spiro atoms. The molecule has 0 heterocycles. The van der Waals surface area contributed by atoms with Gasteiger partial charge in [0.25, 0.3) is 0 Å². The summed E-state index contributed by atoms with van der Waals surface area (Å²) in [6.45, 7) is 1.84. The van der Waals surface area contributed by atoms with E-state index in [2.05, 4.69) is 36.7 Å². The summed E-state index contributed by atoms with van der Waals surface area (Å²) in [6.07, 6.45) is 1.02. The van der Waals surface area contributed by atoms with E-state index in [0.717, 1.165) is 6.42 Å². The van der Waals surface area contributed by atoms with E-state index >= 15 is 0 Å². The number of hydrogen-bond acceptors (Lipinski definition) is 5. The predicted molar refractivity (Wildman–Crippen MR) is 56.4 cm³/mol. The largest absolute Gasteiger partial charge is 1.00 e. The quantitative estimate of drug-likeness (QED) is 0.333. The molecule has 0 bridgehead atoms. The van der Waals surface area contributed by atoms with Crippen LogP contribution in [0.4, 0.5) is 9.59 Å². The van der Waals surface area contributed by atoms with E-state index in [-0.39, 0.29) is 37.7 Å². The van der Waals surface area contributed by atoms with Crippen LogP contribution in [0.3, 0.4) is 0 Å². The van der Waals surface area contributed by atoms with Gasteiger partial charge in [-0.3, -0.25) is 4.79 Å². The van der Waals surface area contributed by atoms with Gasteiger partial charge in [0, 0.05) is 6.42 Å². The second-order valence-electron chi connectivity index (χ2n) is 1.78. The van der Waals surface area contributed by atoms with Gasteiger partial charge in [-0.15, -0.1) is 0 Å². The molecule has 0 aliphatic rings. The van der Waals surface area contributed by atoms with E-state index in [1.165, 1.54) is 0 Å². The van der Waals surface area contributed by atoms with Gasteiger partial charge in [-0.1, -0.05) is 6.92 Å². The minimum atomic E-state index is -0.750. The number of carbonyl (C=O) groups is 3. The second-order valence-corrected chi connectivity index (χ2v) is 2.59.